The first-order valence-electron chi connectivity index (χ1n) is 16.5. The molecule has 0 saturated heterocycles. The van der Waals surface area contributed by atoms with Crippen LogP contribution >= 0.6 is 31.9 Å². The van der Waals surface area contributed by atoms with E-state index in [9.17, 15) is 19.2 Å². The predicted octanol–water partition coefficient (Wildman–Crippen LogP) is 10.6. The monoisotopic (exact) mass is 782 g/mol. The van der Waals surface area contributed by atoms with Crippen molar-refractivity contribution in [3.63, 3.8) is 0 Å². The van der Waals surface area contributed by atoms with Crippen molar-refractivity contribution in [1.82, 2.24) is 9.80 Å². The summed E-state index contributed by atoms with van der Waals surface area (Å²) in [6.45, 7) is 7.76. The van der Waals surface area contributed by atoms with Gasteiger partial charge < -0.3 is 0 Å². The summed E-state index contributed by atoms with van der Waals surface area (Å²) >= 11 is 7.63. The van der Waals surface area contributed by atoms with Gasteiger partial charge in [-0.15, -0.1) is 0 Å². The van der Waals surface area contributed by atoms with Gasteiger partial charge in [0.25, 0.3) is 23.6 Å². The number of fused-ring (bicyclic) bond motifs is 2. The van der Waals surface area contributed by atoms with Crippen LogP contribution in [0.4, 0.5) is 0 Å². The standard InChI is InChI=1S/C42H28Br2N2O4/c1-19-5-9-23(10-6-19)21(3)45-39(47)27-15-13-25-36-32(44)18-30-34-28(40(48)46(42(30)50)22(4)24-11-7-20(2)8-12-24)16-14-26(38(34)36)35-31(43)17-29(41(45)49)33(27)37(25)35/h5-18,21-22H,1-4H3. The van der Waals surface area contributed by atoms with Gasteiger partial charge in [0.05, 0.1) is 12.1 Å². The van der Waals surface area contributed by atoms with Crippen molar-refractivity contribution in [3.8, 4) is 0 Å². The molecule has 0 saturated carbocycles. The maximum absolute atomic E-state index is 14.3. The van der Waals surface area contributed by atoms with Gasteiger partial charge >= 0.3 is 0 Å². The fourth-order valence-electron chi connectivity index (χ4n) is 8.10. The molecule has 7 aromatic rings. The summed E-state index contributed by atoms with van der Waals surface area (Å²) in [7, 11) is 0. The van der Waals surface area contributed by atoms with Gasteiger partial charge in [-0.2, -0.15) is 0 Å². The van der Waals surface area contributed by atoms with Crippen LogP contribution in [-0.2, 0) is 0 Å². The van der Waals surface area contributed by atoms with E-state index >= 15 is 0 Å². The first kappa shape index (κ1) is 31.1. The first-order valence-corrected chi connectivity index (χ1v) is 18.0. The molecule has 0 fully saturated rings. The van der Waals surface area contributed by atoms with Gasteiger partial charge in [0.2, 0.25) is 0 Å². The number of nitrogens with zero attached hydrogens (tertiary/aromatic N) is 2. The molecule has 6 nitrogen and oxygen atoms in total. The molecule has 0 N–H and O–H groups in total. The Morgan fingerprint density at radius 1 is 0.440 bits per heavy atom. The highest BCUT2D eigenvalue weighted by Crippen LogP contribution is 2.51. The third-order valence-corrected chi connectivity index (χ3v) is 11.9. The van der Waals surface area contributed by atoms with Gasteiger partial charge in [-0.05, 0) is 73.9 Å². The zero-order chi connectivity index (χ0) is 34.9. The lowest BCUT2D eigenvalue weighted by Gasteiger charge is -2.34. The average Bonchev–Trinajstić information content (AvgIpc) is 3.10. The minimum atomic E-state index is -0.473. The molecular weight excluding hydrogens is 756 g/mol. The third kappa shape index (κ3) is 4.06. The Hall–Kier alpha value is -4.92. The highest BCUT2D eigenvalue weighted by molar-refractivity contribution is 9.11. The Balaban J connectivity index is 1.28. The van der Waals surface area contributed by atoms with Crippen LogP contribution < -0.4 is 0 Å². The van der Waals surface area contributed by atoms with Crippen LogP contribution in [0.25, 0.3) is 43.1 Å². The van der Waals surface area contributed by atoms with Gasteiger partial charge in [-0.25, -0.2) is 0 Å². The molecule has 7 aromatic carbocycles. The summed E-state index contributed by atoms with van der Waals surface area (Å²) in [6.07, 6.45) is 0. The molecule has 4 amide bonds. The molecule has 244 valence electrons. The number of carbonyl (C=O) groups excluding carboxylic acids is 4. The van der Waals surface area contributed by atoms with Gasteiger partial charge in [-0.1, -0.05) is 104 Å². The molecule has 0 radical (unpaired) electrons. The van der Waals surface area contributed by atoms with Crippen molar-refractivity contribution in [1.29, 1.82) is 0 Å². The second-order valence-corrected chi connectivity index (χ2v) is 15.2. The average molecular weight is 785 g/mol. The van der Waals surface area contributed by atoms with Crippen LogP contribution in [0.15, 0.2) is 93.9 Å². The van der Waals surface area contributed by atoms with Crippen molar-refractivity contribution < 1.29 is 19.2 Å². The third-order valence-electron chi connectivity index (χ3n) is 10.7. The number of halogens is 2. The lowest BCUT2D eigenvalue weighted by molar-refractivity contribution is 0.0534. The van der Waals surface area contributed by atoms with Gasteiger partial charge in [0.15, 0.2) is 0 Å². The van der Waals surface area contributed by atoms with Gasteiger partial charge in [0.1, 0.15) is 0 Å². The summed E-state index contributed by atoms with van der Waals surface area (Å²) in [5.41, 5.74) is 5.76. The highest BCUT2D eigenvalue weighted by atomic mass is 79.9. The van der Waals surface area contributed by atoms with E-state index in [1.165, 1.54) is 9.80 Å². The lowest BCUT2D eigenvalue weighted by Crippen LogP contribution is -2.42. The molecule has 2 aliphatic heterocycles. The summed E-state index contributed by atoms with van der Waals surface area (Å²) in [5, 5.41) is 6.07. The Morgan fingerprint density at radius 3 is 1.14 bits per heavy atom. The zero-order valence-electron chi connectivity index (χ0n) is 27.5. The molecule has 2 unspecified atom stereocenters. The van der Waals surface area contributed by atoms with E-state index in [0.29, 0.717) is 42.0 Å². The zero-order valence-corrected chi connectivity index (χ0v) is 30.7. The molecule has 0 aliphatic carbocycles. The van der Waals surface area contributed by atoms with Crippen LogP contribution in [0.1, 0.15) is 89.6 Å². The van der Waals surface area contributed by atoms with Crippen molar-refractivity contribution in [3.05, 3.63) is 138 Å². The van der Waals surface area contributed by atoms with Gasteiger partial charge in [0, 0.05) is 63.5 Å². The van der Waals surface area contributed by atoms with Crippen LogP contribution in [0, 0.1) is 13.8 Å². The maximum atomic E-state index is 14.3. The van der Waals surface area contributed by atoms with Crippen molar-refractivity contribution in [2.24, 2.45) is 0 Å². The van der Waals surface area contributed by atoms with Crippen molar-refractivity contribution >= 4 is 98.6 Å². The largest absolute Gasteiger partial charge is 0.269 e. The van der Waals surface area contributed by atoms with Crippen LogP contribution in [0.5, 0.6) is 0 Å². The Kier molecular flexibility index (Phi) is 6.71. The fourth-order valence-corrected chi connectivity index (χ4v) is 9.38. The molecule has 0 spiro atoms. The second-order valence-electron chi connectivity index (χ2n) is 13.5. The second kappa shape index (κ2) is 10.8. The molecule has 0 bridgehead atoms. The quantitative estimate of drug-likeness (QED) is 0.101. The Morgan fingerprint density at radius 2 is 0.780 bits per heavy atom. The number of hydrogen-bond donors (Lipinski definition) is 0. The molecular formula is C42H28Br2N2O4. The molecule has 2 atom stereocenters. The first-order chi connectivity index (χ1) is 24.0. The van der Waals surface area contributed by atoms with Crippen LogP contribution in [-0.4, -0.2) is 33.4 Å². The maximum Gasteiger partial charge on any atom is 0.262 e. The van der Waals surface area contributed by atoms with E-state index < -0.39 is 12.1 Å². The van der Waals surface area contributed by atoms with E-state index in [-0.39, 0.29) is 23.6 Å². The highest BCUT2D eigenvalue weighted by Gasteiger charge is 2.40. The molecule has 0 aromatic heterocycles. The summed E-state index contributed by atoms with van der Waals surface area (Å²) in [6, 6.07) is 25.9. The van der Waals surface area contributed by atoms with E-state index in [4.69, 9.17) is 0 Å². The van der Waals surface area contributed by atoms with E-state index in [0.717, 1.165) is 54.6 Å². The smallest absolute Gasteiger partial charge is 0.262 e. The molecule has 2 heterocycles. The number of benzene rings is 7. The number of imide groups is 2. The van der Waals surface area contributed by atoms with Crippen LogP contribution in [0.2, 0.25) is 0 Å². The summed E-state index contributed by atoms with van der Waals surface area (Å²) in [5.74, 6) is -1.39. The minimum absolute atomic E-state index is 0.343. The minimum Gasteiger partial charge on any atom is -0.269 e. The summed E-state index contributed by atoms with van der Waals surface area (Å²) < 4.78 is 1.38. The molecule has 8 heteroatoms. The number of hydrogen-bond acceptors (Lipinski definition) is 4. The SMILES string of the molecule is Cc1ccc(C(C)N2C(=O)c3ccc4c5c(Br)cc6c7c(ccc(c8c(Br)cc(c3c48)C2=O)c75)C(=O)N(C(C)c2ccc(C)cc2)C6=O)cc1. The van der Waals surface area contributed by atoms with Crippen LogP contribution in [0.3, 0.4) is 0 Å². The van der Waals surface area contributed by atoms with Gasteiger partial charge in [-0.3, -0.25) is 29.0 Å². The number of carbonyl (C=O) groups is 4. The normalized spacial score (nSPS) is 15.7. The Labute approximate surface area is 304 Å². The number of aryl methyl sites for hydroxylation is 2. The number of rotatable bonds is 4. The molecule has 2 aliphatic rings. The predicted molar refractivity (Wildman–Crippen MR) is 203 cm³/mol. The molecule has 50 heavy (non-hydrogen) atoms. The van der Waals surface area contributed by atoms with Crippen molar-refractivity contribution in [2.45, 2.75) is 39.8 Å². The van der Waals surface area contributed by atoms with E-state index in [1.807, 2.05) is 100 Å². The van der Waals surface area contributed by atoms with E-state index in [1.54, 1.807) is 12.1 Å². The van der Waals surface area contributed by atoms with E-state index in [2.05, 4.69) is 31.9 Å². The Bertz CT molecular complexity index is 2510. The molecule has 9 rings (SSSR count). The fraction of sp³-hybridized carbons (Fsp3) is 0.143. The topological polar surface area (TPSA) is 74.8 Å². The lowest BCUT2D eigenvalue weighted by atomic mass is 9.81. The summed E-state index contributed by atoms with van der Waals surface area (Å²) in [4.78, 5) is 59.7. The number of amides is 4. The van der Waals surface area contributed by atoms with Crippen molar-refractivity contribution in [2.75, 3.05) is 0 Å².